The Morgan fingerprint density at radius 3 is 1.11 bits per heavy atom. The van der Waals surface area contributed by atoms with Crippen LogP contribution in [-0.2, 0) is 0 Å². The zero-order valence-corrected chi connectivity index (χ0v) is 16.0. The Balaban J connectivity index is 1.37. The van der Waals surface area contributed by atoms with Crippen LogP contribution in [0.1, 0.15) is 0 Å². The normalized spacial score (nSPS) is 10.6. The number of benzene rings is 4. The topological polar surface area (TPSA) is 38.7 Å². The summed E-state index contributed by atoms with van der Waals surface area (Å²) in [7, 11) is -2.06. The molecule has 138 valence electrons. The largest absolute Gasteiger partial charge is 0.460 e. The molecule has 0 unspecified atom stereocenters. The molecule has 0 amide bonds. The first-order chi connectivity index (χ1) is 13.8. The highest BCUT2D eigenvalue weighted by atomic mass is 31.2. The molecular weight excluding hydrogens is 367 g/mol. The SMILES string of the molecule is OP(Oc1ccc(-c2ccccc2)cc1)Oc1ccc(-c2ccccc2)cc1. The summed E-state index contributed by atoms with van der Waals surface area (Å²) in [6, 6.07) is 35.4. The van der Waals surface area contributed by atoms with Gasteiger partial charge in [-0.3, -0.25) is 0 Å². The predicted octanol–water partition coefficient (Wildman–Crippen LogP) is 6.70. The lowest BCUT2D eigenvalue weighted by molar-refractivity contribution is 0.382. The fraction of sp³-hybridized carbons (Fsp3) is 0. The minimum atomic E-state index is -2.06. The van der Waals surface area contributed by atoms with E-state index in [1.807, 2.05) is 84.9 Å². The van der Waals surface area contributed by atoms with Crippen LogP contribution in [0, 0.1) is 0 Å². The smallest absolute Gasteiger partial charge is 0.418 e. The van der Waals surface area contributed by atoms with Crippen molar-refractivity contribution in [2.75, 3.05) is 0 Å². The van der Waals surface area contributed by atoms with Gasteiger partial charge in [0.25, 0.3) is 0 Å². The zero-order valence-electron chi connectivity index (χ0n) is 15.1. The van der Waals surface area contributed by atoms with Crippen molar-refractivity contribution in [1.82, 2.24) is 0 Å². The zero-order chi connectivity index (χ0) is 19.2. The van der Waals surface area contributed by atoms with Gasteiger partial charge in [0, 0.05) is 0 Å². The van der Waals surface area contributed by atoms with Crippen molar-refractivity contribution < 1.29 is 13.9 Å². The molecule has 0 heterocycles. The van der Waals surface area contributed by atoms with E-state index >= 15 is 0 Å². The summed E-state index contributed by atoms with van der Waals surface area (Å²) >= 11 is 0. The van der Waals surface area contributed by atoms with E-state index < -0.39 is 8.60 Å². The van der Waals surface area contributed by atoms with Crippen LogP contribution in [0.2, 0.25) is 0 Å². The van der Waals surface area contributed by atoms with Crippen molar-refractivity contribution in [3.05, 3.63) is 109 Å². The van der Waals surface area contributed by atoms with Gasteiger partial charge in [0.1, 0.15) is 11.5 Å². The number of rotatable bonds is 6. The van der Waals surface area contributed by atoms with Gasteiger partial charge in [-0.15, -0.1) is 0 Å². The molecule has 28 heavy (non-hydrogen) atoms. The monoisotopic (exact) mass is 386 g/mol. The lowest BCUT2D eigenvalue weighted by atomic mass is 10.1. The summed E-state index contributed by atoms with van der Waals surface area (Å²) in [5.74, 6) is 1.13. The van der Waals surface area contributed by atoms with Crippen molar-refractivity contribution in [1.29, 1.82) is 0 Å². The molecule has 0 aliphatic carbocycles. The standard InChI is InChI=1S/C24H19O3P/c25-28(26-23-15-11-21(12-16-23)19-7-3-1-4-8-19)27-24-17-13-22(14-18-24)20-9-5-2-6-10-20/h1-18,25H. The van der Waals surface area contributed by atoms with Crippen LogP contribution in [-0.4, -0.2) is 4.89 Å². The maximum absolute atomic E-state index is 10.1. The fourth-order valence-electron chi connectivity index (χ4n) is 2.88. The predicted molar refractivity (Wildman–Crippen MR) is 114 cm³/mol. The Kier molecular flexibility index (Phi) is 5.67. The summed E-state index contributed by atoms with van der Waals surface area (Å²) in [4.78, 5) is 10.1. The molecule has 0 saturated heterocycles. The van der Waals surface area contributed by atoms with E-state index in [1.165, 1.54) is 0 Å². The van der Waals surface area contributed by atoms with E-state index in [9.17, 15) is 4.89 Å². The minimum Gasteiger partial charge on any atom is -0.418 e. The Labute approximate surface area is 165 Å². The van der Waals surface area contributed by atoms with Gasteiger partial charge >= 0.3 is 8.60 Å². The van der Waals surface area contributed by atoms with E-state index in [-0.39, 0.29) is 0 Å². The summed E-state index contributed by atoms with van der Waals surface area (Å²) in [6.07, 6.45) is 0. The molecule has 0 aliphatic heterocycles. The second-order valence-electron chi connectivity index (χ2n) is 6.20. The quantitative estimate of drug-likeness (QED) is 0.375. The molecule has 3 nitrogen and oxygen atoms in total. The van der Waals surface area contributed by atoms with Crippen LogP contribution in [0.15, 0.2) is 109 Å². The van der Waals surface area contributed by atoms with Gasteiger partial charge in [-0.2, -0.15) is 0 Å². The summed E-state index contributed by atoms with van der Waals surface area (Å²) in [5.41, 5.74) is 4.45. The van der Waals surface area contributed by atoms with Crippen LogP contribution >= 0.6 is 8.60 Å². The average molecular weight is 386 g/mol. The van der Waals surface area contributed by atoms with Gasteiger partial charge in [0.15, 0.2) is 0 Å². The molecule has 0 spiro atoms. The van der Waals surface area contributed by atoms with Crippen molar-refractivity contribution in [2.45, 2.75) is 0 Å². The molecule has 0 bridgehead atoms. The molecule has 4 aromatic rings. The van der Waals surface area contributed by atoms with E-state index in [1.54, 1.807) is 0 Å². The van der Waals surface area contributed by atoms with E-state index in [4.69, 9.17) is 9.05 Å². The van der Waals surface area contributed by atoms with E-state index in [2.05, 4.69) is 24.3 Å². The van der Waals surface area contributed by atoms with E-state index in [0.29, 0.717) is 11.5 Å². The third kappa shape index (κ3) is 4.58. The first-order valence-electron chi connectivity index (χ1n) is 8.94. The highest BCUT2D eigenvalue weighted by Gasteiger charge is 2.12. The maximum atomic E-state index is 10.1. The van der Waals surface area contributed by atoms with Crippen LogP contribution in [0.5, 0.6) is 11.5 Å². The Morgan fingerprint density at radius 2 is 0.750 bits per heavy atom. The third-order valence-corrected chi connectivity index (χ3v) is 5.02. The molecule has 4 rings (SSSR count). The van der Waals surface area contributed by atoms with Gasteiger partial charge in [-0.1, -0.05) is 84.9 Å². The molecule has 4 aromatic carbocycles. The number of hydrogen-bond acceptors (Lipinski definition) is 3. The molecule has 0 radical (unpaired) electrons. The lowest BCUT2D eigenvalue weighted by Gasteiger charge is -2.13. The van der Waals surface area contributed by atoms with Crippen molar-refractivity contribution in [3.8, 4) is 33.8 Å². The Hall–Kier alpha value is -3.13. The van der Waals surface area contributed by atoms with Crippen LogP contribution in [0.3, 0.4) is 0 Å². The molecular formula is C24H19O3P. The van der Waals surface area contributed by atoms with Crippen molar-refractivity contribution in [2.24, 2.45) is 0 Å². The van der Waals surface area contributed by atoms with Crippen molar-refractivity contribution in [3.63, 3.8) is 0 Å². The van der Waals surface area contributed by atoms with Gasteiger partial charge in [0.05, 0.1) is 0 Å². The highest BCUT2D eigenvalue weighted by Crippen LogP contribution is 2.37. The maximum Gasteiger partial charge on any atom is 0.460 e. The van der Waals surface area contributed by atoms with Crippen LogP contribution in [0.4, 0.5) is 0 Å². The minimum absolute atomic E-state index is 0.564. The van der Waals surface area contributed by atoms with Gasteiger partial charge in [-0.25, -0.2) is 0 Å². The van der Waals surface area contributed by atoms with E-state index in [0.717, 1.165) is 22.3 Å². The molecule has 4 heteroatoms. The number of hydrogen-bond donors (Lipinski definition) is 1. The summed E-state index contributed by atoms with van der Waals surface area (Å²) < 4.78 is 11.0. The molecule has 0 aromatic heterocycles. The van der Waals surface area contributed by atoms with Crippen LogP contribution < -0.4 is 9.05 Å². The first-order valence-corrected chi connectivity index (χ1v) is 10.1. The molecule has 0 fully saturated rings. The molecule has 0 aliphatic rings. The molecule has 0 atom stereocenters. The van der Waals surface area contributed by atoms with Gasteiger partial charge < -0.3 is 13.9 Å². The second kappa shape index (κ2) is 8.71. The van der Waals surface area contributed by atoms with Gasteiger partial charge in [-0.05, 0) is 46.5 Å². The summed E-state index contributed by atoms with van der Waals surface area (Å²) in [5, 5.41) is 0. The summed E-state index contributed by atoms with van der Waals surface area (Å²) in [6.45, 7) is 0. The molecule has 1 N–H and O–H groups in total. The third-order valence-electron chi connectivity index (χ3n) is 4.29. The average Bonchev–Trinajstić information content (AvgIpc) is 2.76. The van der Waals surface area contributed by atoms with Crippen LogP contribution in [0.25, 0.3) is 22.3 Å². The van der Waals surface area contributed by atoms with Gasteiger partial charge in [0.2, 0.25) is 0 Å². The fourth-order valence-corrected chi connectivity index (χ4v) is 3.52. The second-order valence-corrected chi connectivity index (χ2v) is 7.04. The van der Waals surface area contributed by atoms with Crippen molar-refractivity contribution >= 4 is 8.60 Å². The first kappa shape index (κ1) is 18.2. The Bertz CT molecular complexity index is 916. The lowest BCUT2D eigenvalue weighted by Crippen LogP contribution is -1.94. The highest BCUT2D eigenvalue weighted by molar-refractivity contribution is 7.41. The Morgan fingerprint density at radius 1 is 0.429 bits per heavy atom. The molecule has 0 saturated carbocycles.